The van der Waals surface area contributed by atoms with Crippen molar-refractivity contribution in [3.05, 3.63) is 66.9 Å². The number of anilines is 2. The maximum atomic E-state index is 13.4. The van der Waals surface area contributed by atoms with Crippen LogP contribution in [-0.4, -0.2) is 33.6 Å². The highest BCUT2D eigenvalue weighted by atomic mass is 32.2. The van der Waals surface area contributed by atoms with Gasteiger partial charge in [0, 0.05) is 17.8 Å². The number of hydrogen-bond acceptors (Lipinski definition) is 6. The molecular weight excluding hydrogens is 424 g/mol. The van der Waals surface area contributed by atoms with Gasteiger partial charge >= 0.3 is 0 Å². The van der Waals surface area contributed by atoms with Gasteiger partial charge in [-0.05, 0) is 37.3 Å². The Morgan fingerprint density at radius 2 is 1.94 bits per heavy atom. The van der Waals surface area contributed by atoms with E-state index in [1.807, 2.05) is 61.5 Å². The summed E-state index contributed by atoms with van der Waals surface area (Å²) in [6, 6.07) is 18.4. The molecule has 0 saturated carbocycles. The first-order valence-electron chi connectivity index (χ1n) is 10.2. The van der Waals surface area contributed by atoms with Crippen LogP contribution in [0.5, 0.6) is 0 Å². The lowest BCUT2D eigenvalue weighted by Crippen LogP contribution is -2.40. The summed E-state index contributed by atoms with van der Waals surface area (Å²) >= 11 is 1.36. The van der Waals surface area contributed by atoms with E-state index in [1.54, 1.807) is 17.2 Å². The highest BCUT2D eigenvalue weighted by molar-refractivity contribution is 8.00. The van der Waals surface area contributed by atoms with E-state index in [-0.39, 0.29) is 30.0 Å². The third-order valence-electron chi connectivity index (χ3n) is 5.27. The van der Waals surface area contributed by atoms with E-state index in [0.717, 1.165) is 10.9 Å². The minimum atomic E-state index is -0.257. The van der Waals surface area contributed by atoms with Crippen LogP contribution in [0, 0.1) is 0 Å². The van der Waals surface area contributed by atoms with Crippen molar-refractivity contribution in [1.82, 2.24) is 9.97 Å². The number of nitrogens with zero attached hydrogens (tertiary/aromatic N) is 3. The average Bonchev–Trinajstić information content (AvgIpc) is 3.29. The number of carbonyl (C=O) groups is 2. The van der Waals surface area contributed by atoms with Gasteiger partial charge in [-0.2, -0.15) is 0 Å². The van der Waals surface area contributed by atoms with Crippen LogP contribution in [0.15, 0.2) is 76.4 Å². The maximum Gasteiger partial charge on any atom is 0.237 e. The monoisotopic (exact) mass is 444 g/mol. The predicted octanol–water partition coefficient (Wildman–Crippen LogP) is 4.75. The fraction of sp³-hybridized carbons (Fsp3) is 0.167. The lowest BCUT2D eigenvalue weighted by molar-refractivity contribution is -0.117. The quantitative estimate of drug-likeness (QED) is 0.361. The van der Waals surface area contributed by atoms with Gasteiger partial charge in [-0.1, -0.05) is 42.1 Å². The van der Waals surface area contributed by atoms with Crippen LogP contribution in [0.2, 0.25) is 0 Å². The Labute approximate surface area is 188 Å². The molecule has 3 heterocycles. The van der Waals surface area contributed by atoms with Gasteiger partial charge < -0.3 is 14.6 Å². The molecule has 1 atom stereocenters. The molecule has 0 bridgehead atoms. The van der Waals surface area contributed by atoms with E-state index < -0.39 is 0 Å². The molecule has 0 unspecified atom stereocenters. The Bertz CT molecular complexity index is 1310. The Morgan fingerprint density at radius 1 is 1.12 bits per heavy atom. The molecule has 2 amide bonds. The molecule has 0 spiro atoms. The summed E-state index contributed by atoms with van der Waals surface area (Å²) < 4.78 is 5.47. The standard InChI is InChI=1S/C24H20N4O3S/c1-15-13-21(29)25-18-9-4-5-10-19(18)28(15)22(30)14-32-24-16-7-2-3-8-17(16)26-23(27-24)20-11-6-12-31-20/h2-12,15H,13-14H2,1H3,(H,25,29)/t15-/m0/s1. The van der Waals surface area contributed by atoms with Gasteiger partial charge in [0.2, 0.25) is 11.8 Å². The normalized spacial score (nSPS) is 15.8. The minimum absolute atomic E-state index is 0.0892. The first-order valence-corrected chi connectivity index (χ1v) is 11.2. The van der Waals surface area contributed by atoms with E-state index in [2.05, 4.69) is 15.3 Å². The maximum absolute atomic E-state index is 13.4. The molecule has 0 aliphatic carbocycles. The van der Waals surface area contributed by atoms with Crippen LogP contribution < -0.4 is 10.2 Å². The second kappa shape index (κ2) is 8.47. The first kappa shape index (κ1) is 20.3. The van der Waals surface area contributed by atoms with Crippen molar-refractivity contribution in [3.63, 3.8) is 0 Å². The largest absolute Gasteiger partial charge is 0.461 e. The van der Waals surface area contributed by atoms with E-state index in [4.69, 9.17) is 4.42 Å². The van der Waals surface area contributed by atoms with Crippen molar-refractivity contribution in [2.75, 3.05) is 16.0 Å². The molecule has 32 heavy (non-hydrogen) atoms. The second-order valence-corrected chi connectivity index (χ2v) is 8.48. The van der Waals surface area contributed by atoms with Gasteiger partial charge in [0.1, 0.15) is 5.03 Å². The van der Waals surface area contributed by atoms with Gasteiger partial charge in [0.15, 0.2) is 11.6 Å². The van der Waals surface area contributed by atoms with E-state index in [1.165, 1.54) is 11.8 Å². The van der Waals surface area contributed by atoms with Crippen LogP contribution in [0.3, 0.4) is 0 Å². The second-order valence-electron chi connectivity index (χ2n) is 7.52. The summed E-state index contributed by atoms with van der Waals surface area (Å²) in [4.78, 5) is 36.6. The van der Waals surface area contributed by atoms with Crippen LogP contribution in [-0.2, 0) is 9.59 Å². The van der Waals surface area contributed by atoms with Crippen molar-refractivity contribution < 1.29 is 14.0 Å². The van der Waals surface area contributed by atoms with E-state index in [0.29, 0.717) is 28.0 Å². The van der Waals surface area contributed by atoms with Crippen molar-refractivity contribution in [2.45, 2.75) is 24.4 Å². The van der Waals surface area contributed by atoms with Gasteiger partial charge in [-0.15, -0.1) is 0 Å². The molecule has 160 valence electrons. The number of benzene rings is 2. The van der Waals surface area contributed by atoms with Crippen molar-refractivity contribution in [3.8, 4) is 11.6 Å². The van der Waals surface area contributed by atoms with Gasteiger partial charge in [-0.3, -0.25) is 9.59 Å². The summed E-state index contributed by atoms with van der Waals surface area (Å²) in [5.74, 6) is 1.04. The SMILES string of the molecule is C[C@H]1CC(=O)Nc2ccccc2N1C(=O)CSc1nc(-c2ccco2)nc2ccccc12. The molecule has 7 nitrogen and oxygen atoms in total. The molecule has 2 aromatic heterocycles. The topological polar surface area (TPSA) is 88.3 Å². The fourth-order valence-electron chi connectivity index (χ4n) is 3.84. The number of nitrogens with one attached hydrogen (secondary N) is 1. The zero-order valence-electron chi connectivity index (χ0n) is 17.3. The number of amides is 2. The highest BCUT2D eigenvalue weighted by Gasteiger charge is 2.29. The number of furan rings is 1. The summed E-state index contributed by atoms with van der Waals surface area (Å²) in [6.45, 7) is 1.89. The molecule has 1 aliphatic rings. The lowest BCUT2D eigenvalue weighted by atomic mass is 10.2. The Balaban J connectivity index is 1.46. The zero-order chi connectivity index (χ0) is 22.1. The lowest BCUT2D eigenvalue weighted by Gasteiger charge is -2.27. The smallest absolute Gasteiger partial charge is 0.237 e. The number of fused-ring (bicyclic) bond motifs is 2. The van der Waals surface area contributed by atoms with Crippen molar-refractivity contribution in [1.29, 1.82) is 0 Å². The molecule has 5 rings (SSSR count). The molecule has 1 aliphatic heterocycles. The van der Waals surface area contributed by atoms with Crippen LogP contribution >= 0.6 is 11.8 Å². The van der Waals surface area contributed by atoms with Crippen LogP contribution in [0.4, 0.5) is 11.4 Å². The van der Waals surface area contributed by atoms with E-state index >= 15 is 0 Å². The Hall–Kier alpha value is -3.65. The molecule has 0 saturated heterocycles. The van der Waals surface area contributed by atoms with Crippen LogP contribution in [0.25, 0.3) is 22.5 Å². The molecule has 0 radical (unpaired) electrons. The van der Waals surface area contributed by atoms with Crippen LogP contribution in [0.1, 0.15) is 13.3 Å². The number of thioether (sulfide) groups is 1. The molecule has 1 N–H and O–H groups in total. The number of carbonyl (C=O) groups excluding carboxylic acids is 2. The Morgan fingerprint density at radius 3 is 2.78 bits per heavy atom. The highest BCUT2D eigenvalue weighted by Crippen LogP contribution is 2.33. The molecular formula is C24H20N4O3S. The molecule has 0 fully saturated rings. The summed E-state index contributed by atoms with van der Waals surface area (Å²) in [5, 5.41) is 4.47. The zero-order valence-corrected chi connectivity index (χ0v) is 18.1. The number of rotatable bonds is 4. The fourth-order valence-corrected chi connectivity index (χ4v) is 4.72. The molecule has 8 heteroatoms. The van der Waals surface area contributed by atoms with Gasteiger partial charge in [0.05, 0.1) is 28.9 Å². The number of hydrogen-bond donors (Lipinski definition) is 1. The van der Waals surface area contributed by atoms with Crippen molar-refractivity contribution >= 4 is 45.9 Å². The molecule has 4 aromatic rings. The Kier molecular flexibility index (Phi) is 5.36. The van der Waals surface area contributed by atoms with Gasteiger partial charge in [-0.25, -0.2) is 9.97 Å². The number of aromatic nitrogens is 2. The summed E-state index contributed by atoms with van der Waals surface area (Å²) in [5.41, 5.74) is 2.14. The van der Waals surface area contributed by atoms with Gasteiger partial charge in [0.25, 0.3) is 0 Å². The summed E-state index contributed by atoms with van der Waals surface area (Å²) in [7, 11) is 0. The van der Waals surface area contributed by atoms with E-state index in [9.17, 15) is 9.59 Å². The summed E-state index contributed by atoms with van der Waals surface area (Å²) in [6.07, 6.45) is 1.82. The third kappa shape index (κ3) is 3.85. The minimum Gasteiger partial charge on any atom is -0.461 e. The number of para-hydroxylation sites is 3. The predicted molar refractivity (Wildman–Crippen MR) is 125 cm³/mol. The molecule has 2 aromatic carbocycles. The average molecular weight is 445 g/mol. The first-order chi connectivity index (χ1) is 15.6. The third-order valence-corrected chi connectivity index (χ3v) is 6.25. The van der Waals surface area contributed by atoms with Crippen molar-refractivity contribution in [2.24, 2.45) is 0 Å².